The number of anilines is 2. The molecule has 0 atom stereocenters. The van der Waals surface area contributed by atoms with Gasteiger partial charge < -0.3 is 9.88 Å². The van der Waals surface area contributed by atoms with Crippen molar-refractivity contribution in [2.24, 2.45) is 7.05 Å². The number of para-hydroxylation sites is 2. The highest BCUT2D eigenvalue weighted by Crippen LogP contribution is 2.26. The molecule has 3 nitrogen and oxygen atoms in total. The summed E-state index contributed by atoms with van der Waals surface area (Å²) in [5.41, 5.74) is 2.83. The lowest BCUT2D eigenvalue weighted by atomic mass is 10.3. The molecule has 3 aromatic rings. The van der Waals surface area contributed by atoms with Crippen molar-refractivity contribution < 1.29 is 0 Å². The third kappa shape index (κ3) is 2.39. The monoisotopic (exact) mass is 291 g/mol. The average Bonchev–Trinajstić information content (AvgIpc) is 2.66. The summed E-state index contributed by atoms with van der Waals surface area (Å²) in [6.45, 7) is 0. The number of benzene rings is 2. The van der Waals surface area contributed by atoms with E-state index in [-0.39, 0.29) is 0 Å². The summed E-state index contributed by atoms with van der Waals surface area (Å²) < 4.78 is 1.99. The van der Waals surface area contributed by atoms with Crippen LogP contribution in [0, 0.1) is 0 Å². The zero-order chi connectivity index (χ0) is 13.4. The van der Waals surface area contributed by atoms with E-state index in [0.29, 0.717) is 10.0 Å². The molecule has 0 spiro atoms. The molecule has 19 heavy (non-hydrogen) atoms. The highest BCUT2D eigenvalue weighted by Gasteiger charge is 2.07. The number of nitrogens with one attached hydrogen (secondary N) is 1. The molecule has 0 aliphatic carbocycles. The molecule has 0 saturated heterocycles. The number of aryl methyl sites for hydroxylation is 1. The minimum absolute atomic E-state index is 0.591. The Morgan fingerprint density at radius 2 is 1.74 bits per heavy atom. The number of hydrogen-bond acceptors (Lipinski definition) is 2. The van der Waals surface area contributed by atoms with Crippen molar-refractivity contribution in [3.8, 4) is 0 Å². The van der Waals surface area contributed by atoms with Crippen LogP contribution in [0.25, 0.3) is 11.0 Å². The molecule has 1 heterocycles. The first kappa shape index (κ1) is 12.3. The molecule has 0 aliphatic rings. The molecule has 96 valence electrons. The maximum Gasteiger partial charge on any atom is 0.208 e. The zero-order valence-electron chi connectivity index (χ0n) is 10.2. The maximum atomic E-state index is 5.98. The number of hydrogen-bond donors (Lipinski definition) is 1. The fraction of sp³-hybridized carbons (Fsp3) is 0.0714. The largest absolute Gasteiger partial charge is 0.325 e. The van der Waals surface area contributed by atoms with Crippen LogP contribution in [0.5, 0.6) is 0 Å². The Morgan fingerprint density at radius 1 is 1.05 bits per heavy atom. The van der Waals surface area contributed by atoms with Gasteiger partial charge in [0.25, 0.3) is 0 Å². The first-order chi connectivity index (χ1) is 9.13. The smallest absolute Gasteiger partial charge is 0.208 e. The molecule has 0 unspecified atom stereocenters. The lowest BCUT2D eigenvalue weighted by Crippen LogP contribution is -1.98. The maximum absolute atomic E-state index is 5.98. The molecule has 0 radical (unpaired) electrons. The predicted molar refractivity (Wildman–Crippen MR) is 80.5 cm³/mol. The van der Waals surface area contributed by atoms with Gasteiger partial charge in [0.2, 0.25) is 5.95 Å². The van der Waals surface area contributed by atoms with E-state index in [4.69, 9.17) is 23.2 Å². The first-order valence-corrected chi connectivity index (χ1v) is 6.53. The SMILES string of the molecule is Cn1c(Nc2cc(Cl)cc(Cl)c2)nc2ccccc21. The molecule has 0 aliphatic heterocycles. The van der Waals surface area contributed by atoms with Crippen LogP contribution in [0.2, 0.25) is 10.0 Å². The van der Waals surface area contributed by atoms with E-state index in [0.717, 1.165) is 22.7 Å². The molecule has 0 fully saturated rings. The highest BCUT2D eigenvalue weighted by atomic mass is 35.5. The van der Waals surface area contributed by atoms with Gasteiger partial charge in [0, 0.05) is 22.8 Å². The highest BCUT2D eigenvalue weighted by molar-refractivity contribution is 6.35. The summed E-state index contributed by atoms with van der Waals surface area (Å²) in [5, 5.41) is 4.41. The molecule has 1 aromatic heterocycles. The lowest BCUT2D eigenvalue weighted by molar-refractivity contribution is 0.958. The first-order valence-electron chi connectivity index (χ1n) is 5.78. The van der Waals surface area contributed by atoms with Gasteiger partial charge >= 0.3 is 0 Å². The van der Waals surface area contributed by atoms with Gasteiger partial charge in [-0.3, -0.25) is 0 Å². The fourth-order valence-corrected chi connectivity index (χ4v) is 2.54. The van der Waals surface area contributed by atoms with Crippen molar-refractivity contribution >= 4 is 45.9 Å². The summed E-state index contributed by atoms with van der Waals surface area (Å²) in [6.07, 6.45) is 0. The van der Waals surface area contributed by atoms with E-state index < -0.39 is 0 Å². The van der Waals surface area contributed by atoms with Crippen molar-refractivity contribution in [1.29, 1.82) is 0 Å². The lowest BCUT2D eigenvalue weighted by Gasteiger charge is -2.07. The molecule has 5 heteroatoms. The van der Waals surface area contributed by atoms with Gasteiger partial charge in [-0.2, -0.15) is 0 Å². The summed E-state index contributed by atoms with van der Waals surface area (Å²) in [7, 11) is 1.96. The van der Waals surface area contributed by atoms with E-state index in [2.05, 4.69) is 10.3 Å². The van der Waals surface area contributed by atoms with Gasteiger partial charge in [-0.25, -0.2) is 4.98 Å². The summed E-state index contributed by atoms with van der Waals surface area (Å²) in [6, 6.07) is 13.3. The second kappa shape index (κ2) is 4.76. The Kier molecular flexibility index (Phi) is 3.09. The van der Waals surface area contributed by atoms with Gasteiger partial charge in [0.05, 0.1) is 11.0 Å². The van der Waals surface area contributed by atoms with E-state index in [1.807, 2.05) is 48.0 Å². The van der Waals surface area contributed by atoms with Crippen LogP contribution in [0.15, 0.2) is 42.5 Å². The quantitative estimate of drug-likeness (QED) is 0.746. The van der Waals surface area contributed by atoms with Gasteiger partial charge in [-0.05, 0) is 30.3 Å². The summed E-state index contributed by atoms with van der Waals surface area (Å²) in [4.78, 5) is 4.53. The number of nitrogens with zero attached hydrogens (tertiary/aromatic N) is 2. The Balaban J connectivity index is 2.03. The van der Waals surface area contributed by atoms with Crippen LogP contribution in [0.3, 0.4) is 0 Å². The van der Waals surface area contributed by atoms with Gasteiger partial charge in [0.1, 0.15) is 0 Å². The summed E-state index contributed by atoms with van der Waals surface area (Å²) >= 11 is 12.0. The molecular weight excluding hydrogens is 281 g/mol. The minimum Gasteiger partial charge on any atom is -0.325 e. The molecule has 0 bridgehead atoms. The van der Waals surface area contributed by atoms with Gasteiger partial charge in [-0.15, -0.1) is 0 Å². The van der Waals surface area contributed by atoms with Crippen LogP contribution in [0.1, 0.15) is 0 Å². The van der Waals surface area contributed by atoms with E-state index in [1.165, 1.54) is 0 Å². The zero-order valence-corrected chi connectivity index (χ0v) is 11.7. The number of halogens is 2. The molecule has 1 N–H and O–H groups in total. The van der Waals surface area contributed by atoms with Gasteiger partial charge in [0.15, 0.2) is 0 Å². The van der Waals surface area contributed by atoms with E-state index in [1.54, 1.807) is 6.07 Å². The Labute approximate surface area is 120 Å². The number of fused-ring (bicyclic) bond motifs is 1. The molecule has 0 amide bonds. The van der Waals surface area contributed by atoms with Crippen molar-refractivity contribution in [1.82, 2.24) is 9.55 Å². The number of rotatable bonds is 2. The Bertz CT molecular complexity index is 729. The van der Waals surface area contributed by atoms with Crippen molar-refractivity contribution in [2.45, 2.75) is 0 Å². The fourth-order valence-electron chi connectivity index (χ4n) is 2.01. The van der Waals surface area contributed by atoms with Crippen LogP contribution in [-0.4, -0.2) is 9.55 Å². The van der Waals surface area contributed by atoms with Crippen molar-refractivity contribution in [2.75, 3.05) is 5.32 Å². The normalized spacial score (nSPS) is 10.9. The second-order valence-electron chi connectivity index (χ2n) is 4.27. The Hall–Kier alpha value is -1.71. The van der Waals surface area contributed by atoms with Crippen molar-refractivity contribution in [3.05, 3.63) is 52.5 Å². The second-order valence-corrected chi connectivity index (χ2v) is 5.14. The van der Waals surface area contributed by atoms with Crippen LogP contribution in [0.4, 0.5) is 11.6 Å². The molecular formula is C14H11Cl2N3. The molecule has 2 aromatic carbocycles. The standard InChI is InChI=1S/C14H11Cl2N3/c1-19-13-5-3-2-4-12(13)18-14(19)17-11-7-9(15)6-10(16)8-11/h2-8H,1H3,(H,17,18). The van der Waals surface area contributed by atoms with Crippen molar-refractivity contribution in [3.63, 3.8) is 0 Å². The van der Waals surface area contributed by atoms with E-state index in [9.17, 15) is 0 Å². The van der Waals surface area contributed by atoms with Crippen LogP contribution >= 0.6 is 23.2 Å². The third-order valence-electron chi connectivity index (χ3n) is 2.91. The average molecular weight is 292 g/mol. The van der Waals surface area contributed by atoms with Crippen LogP contribution < -0.4 is 5.32 Å². The molecule has 0 saturated carbocycles. The van der Waals surface area contributed by atoms with E-state index >= 15 is 0 Å². The Morgan fingerprint density at radius 3 is 2.42 bits per heavy atom. The van der Waals surface area contributed by atoms with Gasteiger partial charge in [-0.1, -0.05) is 35.3 Å². The topological polar surface area (TPSA) is 29.9 Å². The molecule has 3 rings (SSSR count). The van der Waals surface area contributed by atoms with Crippen LogP contribution in [-0.2, 0) is 7.05 Å². The minimum atomic E-state index is 0.591. The third-order valence-corrected chi connectivity index (χ3v) is 3.34. The number of imidazole rings is 1. The summed E-state index contributed by atoms with van der Waals surface area (Å²) in [5.74, 6) is 0.750. The number of aromatic nitrogens is 2. The predicted octanol–water partition coefficient (Wildman–Crippen LogP) is 4.62.